The number of carboxylic acids is 1. The van der Waals surface area contributed by atoms with E-state index in [2.05, 4.69) is 9.71 Å². The lowest BCUT2D eigenvalue weighted by Crippen LogP contribution is -2.32. The molecule has 0 fully saturated rings. The van der Waals surface area contributed by atoms with E-state index >= 15 is 0 Å². The van der Waals surface area contributed by atoms with Crippen LogP contribution >= 0.6 is 0 Å². The molecule has 0 spiro atoms. The summed E-state index contributed by atoms with van der Waals surface area (Å²) in [4.78, 5) is 14.3. The standard InChI is InChI=1S/C9H12N2O4S/c1-7(8-4-2-3-5-10-8)11-16(14,15)6-9(12)13/h2-5,7,11H,6H2,1H3,(H,12,13)/t7-/m1/s1. The second-order valence-electron chi connectivity index (χ2n) is 3.25. The molecule has 6 nitrogen and oxygen atoms in total. The number of nitrogens with zero attached hydrogens (tertiary/aromatic N) is 1. The minimum absolute atomic E-state index is 0.538. The second kappa shape index (κ2) is 5.04. The van der Waals surface area contributed by atoms with Crippen molar-refractivity contribution >= 4 is 16.0 Å². The maximum atomic E-state index is 11.3. The van der Waals surface area contributed by atoms with E-state index < -0.39 is 27.8 Å². The fraction of sp³-hybridized carbons (Fsp3) is 0.333. The molecule has 2 N–H and O–H groups in total. The third kappa shape index (κ3) is 3.95. The summed E-state index contributed by atoms with van der Waals surface area (Å²) in [6.45, 7) is 1.60. The molecule has 0 aliphatic heterocycles. The van der Waals surface area contributed by atoms with Crippen LogP contribution < -0.4 is 4.72 Å². The SMILES string of the molecule is C[C@@H](NS(=O)(=O)CC(=O)O)c1ccccn1. The van der Waals surface area contributed by atoms with Crippen LogP contribution in [-0.2, 0) is 14.8 Å². The predicted octanol–water partition coefficient (Wildman–Crippen LogP) is 0.147. The summed E-state index contributed by atoms with van der Waals surface area (Å²) in [5, 5.41) is 8.40. The number of carbonyl (C=O) groups is 1. The van der Waals surface area contributed by atoms with Crippen LogP contribution in [0.25, 0.3) is 0 Å². The molecule has 0 aliphatic carbocycles. The van der Waals surface area contributed by atoms with Gasteiger partial charge in [0, 0.05) is 6.20 Å². The molecule has 1 rings (SSSR count). The van der Waals surface area contributed by atoms with Gasteiger partial charge in [0.15, 0.2) is 5.75 Å². The van der Waals surface area contributed by atoms with Crippen molar-refractivity contribution in [2.75, 3.05) is 5.75 Å². The molecule has 88 valence electrons. The highest BCUT2D eigenvalue weighted by Crippen LogP contribution is 2.09. The molecule has 0 saturated carbocycles. The van der Waals surface area contributed by atoms with Crippen molar-refractivity contribution < 1.29 is 18.3 Å². The van der Waals surface area contributed by atoms with E-state index in [-0.39, 0.29) is 0 Å². The number of rotatable bonds is 5. The van der Waals surface area contributed by atoms with Gasteiger partial charge < -0.3 is 5.11 Å². The minimum Gasteiger partial charge on any atom is -0.480 e. The topological polar surface area (TPSA) is 96.4 Å². The Kier molecular flexibility index (Phi) is 3.97. The Labute approximate surface area is 93.4 Å². The Balaban J connectivity index is 2.72. The molecular weight excluding hydrogens is 232 g/mol. The lowest BCUT2D eigenvalue weighted by Gasteiger charge is -2.12. The van der Waals surface area contributed by atoms with Crippen molar-refractivity contribution in [3.63, 3.8) is 0 Å². The van der Waals surface area contributed by atoms with Gasteiger partial charge in [-0.25, -0.2) is 13.1 Å². The lowest BCUT2D eigenvalue weighted by atomic mass is 10.2. The third-order valence-electron chi connectivity index (χ3n) is 1.80. The van der Waals surface area contributed by atoms with Crippen molar-refractivity contribution in [3.05, 3.63) is 30.1 Å². The number of sulfonamides is 1. The summed E-state index contributed by atoms with van der Waals surface area (Å²) >= 11 is 0. The molecule has 0 aliphatic rings. The number of aromatic nitrogens is 1. The van der Waals surface area contributed by atoms with Gasteiger partial charge in [-0.3, -0.25) is 9.78 Å². The van der Waals surface area contributed by atoms with Gasteiger partial charge in [-0.15, -0.1) is 0 Å². The van der Waals surface area contributed by atoms with Gasteiger partial charge in [0.25, 0.3) is 0 Å². The average molecular weight is 244 g/mol. The normalized spacial score (nSPS) is 13.3. The molecule has 1 aromatic rings. The molecule has 7 heteroatoms. The van der Waals surface area contributed by atoms with Gasteiger partial charge in [-0.1, -0.05) is 6.07 Å². The molecule has 0 aromatic carbocycles. The Morgan fingerprint density at radius 2 is 2.25 bits per heavy atom. The van der Waals surface area contributed by atoms with E-state index in [9.17, 15) is 13.2 Å². The van der Waals surface area contributed by atoms with Gasteiger partial charge in [0.05, 0.1) is 11.7 Å². The quantitative estimate of drug-likeness (QED) is 0.768. The number of pyridine rings is 1. The van der Waals surface area contributed by atoms with Gasteiger partial charge in [0.2, 0.25) is 10.0 Å². The molecule has 0 amide bonds. The first kappa shape index (κ1) is 12.6. The van der Waals surface area contributed by atoms with E-state index in [0.29, 0.717) is 5.69 Å². The molecular formula is C9H12N2O4S. The monoisotopic (exact) mass is 244 g/mol. The van der Waals surface area contributed by atoms with Crippen LogP contribution in [0.15, 0.2) is 24.4 Å². The fourth-order valence-electron chi connectivity index (χ4n) is 1.17. The van der Waals surface area contributed by atoms with Crippen molar-refractivity contribution in [2.45, 2.75) is 13.0 Å². The van der Waals surface area contributed by atoms with Crippen LogP contribution in [0.1, 0.15) is 18.7 Å². The van der Waals surface area contributed by atoms with Crippen LogP contribution in [0.4, 0.5) is 0 Å². The van der Waals surface area contributed by atoms with E-state index in [1.54, 1.807) is 25.1 Å². The zero-order valence-electron chi connectivity index (χ0n) is 8.62. The number of nitrogens with one attached hydrogen (secondary N) is 1. The van der Waals surface area contributed by atoms with Crippen molar-refractivity contribution in [3.8, 4) is 0 Å². The largest absolute Gasteiger partial charge is 0.480 e. The number of carboxylic acid groups (broad SMARTS) is 1. The van der Waals surface area contributed by atoms with Gasteiger partial charge >= 0.3 is 5.97 Å². The van der Waals surface area contributed by atoms with Gasteiger partial charge in [-0.2, -0.15) is 0 Å². The Morgan fingerprint density at radius 3 is 2.75 bits per heavy atom. The average Bonchev–Trinajstić information content (AvgIpc) is 2.16. The third-order valence-corrected chi connectivity index (χ3v) is 3.14. The summed E-state index contributed by atoms with van der Waals surface area (Å²) in [6.07, 6.45) is 1.54. The summed E-state index contributed by atoms with van der Waals surface area (Å²) in [7, 11) is -3.82. The maximum Gasteiger partial charge on any atom is 0.320 e. The summed E-state index contributed by atoms with van der Waals surface area (Å²) < 4.78 is 24.8. The summed E-state index contributed by atoms with van der Waals surface area (Å²) in [6, 6.07) is 4.55. The van der Waals surface area contributed by atoms with E-state index in [0.717, 1.165) is 0 Å². The predicted molar refractivity (Wildman–Crippen MR) is 57.2 cm³/mol. The van der Waals surface area contributed by atoms with Crippen molar-refractivity contribution in [1.82, 2.24) is 9.71 Å². The Bertz CT molecular complexity index is 458. The van der Waals surface area contributed by atoms with Gasteiger partial charge in [0.1, 0.15) is 0 Å². The number of hydrogen-bond donors (Lipinski definition) is 2. The van der Waals surface area contributed by atoms with Crippen LogP contribution in [0, 0.1) is 0 Å². The van der Waals surface area contributed by atoms with Crippen molar-refractivity contribution in [2.24, 2.45) is 0 Å². The van der Waals surface area contributed by atoms with Crippen LogP contribution in [0.2, 0.25) is 0 Å². The molecule has 1 atom stereocenters. The molecule has 1 aromatic heterocycles. The number of hydrogen-bond acceptors (Lipinski definition) is 4. The van der Waals surface area contributed by atoms with E-state index in [1.165, 1.54) is 6.20 Å². The van der Waals surface area contributed by atoms with Crippen molar-refractivity contribution in [1.29, 1.82) is 0 Å². The van der Waals surface area contributed by atoms with E-state index in [4.69, 9.17) is 5.11 Å². The Morgan fingerprint density at radius 1 is 1.56 bits per heavy atom. The lowest BCUT2D eigenvalue weighted by molar-refractivity contribution is -0.134. The highest BCUT2D eigenvalue weighted by atomic mass is 32.2. The first-order valence-corrected chi connectivity index (χ1v) is 6.18. The molecule has 0 unspecified atom stereocenters. The van der Waals surface area contributed by atoms with Crippen LogP contribution in [0.5, 0.6) is 0 Å². The van der Waals surface area contributed by atoms with E-state index in [1.807, 2.05) is 0 Å². The molecule has 0 bridgehead atoms. The molecule has 16 heavy (non-hydrogen) atoms. The Hall–Kier alpha value is -1.47. The smallest absolute Gasteiger partial charge is 0.320 e. The highest BCUT2D eigenvalue weighted by molar-refractivity contribution is 7.90. The minimum atomic E-state index is -3.82. The second-order valence-corrected chi connectivity index (χ2v) is 5.00. The summed E-state index contributed by atoms with van der Waals surface area (Å²) in [5.41, 5.74) is 0.538. The van der Waals surface area contributed by atoms with Crippen LogP contribution in [0.3, 0.4) is 0 Å². The first-order chi connectivity index (χ1) is 7.41. The summed E-state index contributed by atoms with van der Waals surface area (Å²) in [5.74, 6) is -2.33. The van der Waals surface area contributed by atoms with Gasteiger partial charge in [-0.05, 0) is 19.1 Å². The fourth-order valence-corrected chi connectivity index (χ4v) is 2.23. The molecule has 1 heterocycles. The van der Waals surface area contributed by atoms with Crippen LogP contribution in [-0.4, -0.2) is 30.2 Å². The number of aliphatic carboxylic acids is 1. The highest BCUT2D eigenvalue weighted by Gasteiger charge is 2.19. The molecule has 0 saturated heterocycles. The molecule has 0 radical (unpaired) electrons. The zero-order chi connectivity index (χ0) is 12.2. The maximum absolute atomic E-state index is 11.3. The first-order valence-electron chi connectivity index (χ1n) is 4.53. The zero-order valence-corrected chi connectivity index (χ0v) is 9.44.